The molecule has 1 heterocycles. The maximum absolute atomic E-state index is 13.0. The molecule has 1 aromatic carbocycles. The minimum Gasteiger partial charge on any atom is -0.338 e. The quantitative estimate of drug-likeness (QED) is 0.775. The van der Waals surface area contributed by atoms with E-state index in [4.69, 9.17) is 11.6 Å². The second-order valence-electron chi connectivity index (χ2n) is 7.50. The number of hydrogen-bond acceptors (Lipinski definition) is 3. The summed E-state index contributed by atoms with van der Waals surface area (Å²) in [6.45, 7) is 3.24. The largest absolute Gasteiger partial charge is 0.338 e. The molecule has 0 spiro atoms. The molecule has 2 aliphatic rings. The first-order valence-corrected chi connectivity index (χ1v) is 11.2. The van der Waals surface area contributed by atoms with Gasteiger partial charge in [-0.1, -0.05) is 31.4 Å². The van der Waals surface area contributed by atoms with Crippen molar-refractivity contribution in [1.82, 2.24) is 9.21 Å². The molecule has 0 aromatic heterocycles. The van der Waals surface area contributed by atoms with Crippen LogP contribution in [0.1, 0.15) is 55.8 Å². The minimum absolute atomic E-state index is 0.150. The van der Waals surface area contributed by atoms with Crippen LogP contribution in [0.4, 0.5) is 0 Å². The van der Waals surface area contributed by atoms with Gasteiger partial charge in [-0.15, -0.1) is 0 Å². The zero-order valence-corrected chi connectivity index (χ0v) is 17.0. The topological polar surface area (TPSA) is 57.7 Å². The van der Waals surface area contributed by atoms with Crippen molar-refractivity contribution < 1.29 is 13.2 Å². The molecule has 2 fully saturated rings. The highest BCUT2D eigenvalue weighted by atomic mass is 35.5. The molecule has 1 saturated heterocycles. The fraction of sp³-hybridized carbons (Fsp3) is 0.632. The molecule has 2 unspecified atom stereocenters. The van der Waals surface area contributed by atoms with E-state index in [9.17, 15) is 13.2 Å². The number of hydrogen-bond donors (Lipinski definition) is 0. The van der Waals surface area contributed by atoms with Crippen molar-refractivity contribution in [2.24, 2.45) is 5.92 Å². The van der Waals surface area contributed by atoms with Crippen molar-refractivity contribution in [3.63, 3.8) is 0 Å². The Morgan fingerprint density at radius 1 is 1.15 bits per heavy atom. The van der Waals surface area contributed by atoms with E-state index in [1.807, 2.05) is 0 Å². The molecule has 1 aliphatic heterocycles. The lowest BCUT2D eigenvalue weighted by atomic mass is 9.85. The fourth-order valence-corrected chi connectivity index (χ4v) is 5.86. The molecule has 26 heavy (non-hydrogen) atoms. The molecule has 5 nitrogen and oxygen atoms in total. The third-order valence-electron chi connectivity index (χ3n) is 5.76. The lowest BCUT2D eigenvalue weighted by Crippen LogP contribution is -2.42. The van der Waals surface area contributed by atoms with Crippen LogP contribution >= 0.6 is 11.6 Å². The molecule has 0 radical (unpaired) electrons. The summed E-state index contributed by atoms with van der Waals surface area (Å²) in [7, 11) is -1.77. The summed E-state index contributed by atoms with van der Waals surface area (Å²) < 4.78 is 27.1. The Labute approximate surface area is 161 Å². The predicted octanol–water partition coefficient (Wildman–Crippen LogP) is 3.78. The third-order valence-corrected chi connectivity index (χ3v) is 7.98. The predicted molar refractivity (Wildman–Crippen MR) is 103 cm³/mol. The van der Waals surface area contributed by atoms with Gasteiger partial charge in [0.25, 0.3) is 5.91 Å². The Hall–Kier alpha value is -1.11. The Morgan fingerprint density at radius 2 is 1.81 bits per heavy atom. The molecule has 1 saturated carbocycles. The van der Waals surface area contributed by atoms with E-state index in [1.54, 1.807) is 11.9 Å². The highest BCUT2D eigenvalue weighted by molar-refractivity contribution is 7.89. The molecule has 1 aromatic rings. The number of rotatable bonds is 4. The van der Waals surface area contributed by atoms with Crippen LogP contribution < -0.4 is 0 Å². The fourth-order valence-electron chi connectivity index (χ4n) is 4.12. The number of nitrogens with zero attached hydrogens (tertiary/aromatic N) is 2. The number of carbonyl (C=O) groups is 1. The highest BCUT2D eigenvalue weighted by Gasteiger charge is 2.31. The zero-order valence-electron chi connectivity index (χ0n) is 15.4. The second-order valence-corrected chi connectivity index (χ2v) is 9.84. The van der Waals surface area contributed by atoms with Crippen molar-refractivity contribution in [3.05, 3.63) is 28.8 Å². The second kappa shape index (κ2) is 7.87. The summed E-state index contributed by atoms with van der Waals surface area (Å²) in [6, 6.07) is 4.64. The number of sulfonamides is 1. The molecule has 0 bridgehead atoms. The van der Waals surface area contributed by atoms with Crippen molar-refractivity contribution >= 4 is 27.5 Å². The van der Waals surface area contributed by atoms with Crippen LogP contribution in [0.5, 0.6) is 0 Å². The van der Waals surface area contributed by atoms with Gasteiger partial charge in [-0.3, -0.25) is 4.79 Å². The molecular weight excluding hydrogens is 372 g/mol. The van der Waals surface area contributed by atoms with E-state index in [0.717, 1.165) is 32.1 Å². The Morgan fingerprint density at radius 3 is 2.46 bits per heavy atom. The Balaban J connectivity index is 1.88. The van der Waals surface area contributed by atoms with Crippen LogP contribution in [0.15, 0.2) is 23.1 Å². The van der Waals surface area contributed by atoms with Crippen LogP contribution in [0.2, 0.25) is 5.02 Å². The average Bonchev–Trinajstić information content (AvgIpc) is 3.17. The van der Waals surface area contributed by atoms with Gasteiger partial charge in [0.15, 0.2) is 0 Å². The number of amides is 1. The van der Waals surface area contributed by atoms with Crippen molar-refractivity contribution in [3.8, 4) is 0 Å². The first-order valence-electron chi connectivity index (χ1n) is 9.39. The number of benzene rings is 1. The maximum Gasteiger partial charge on any atom is 0.255 e. The van der Waals surface area contributed by atoms with Gasteiger partial charge in [-0.25, -0.2) is 8.42 Å². The molecule has 3 rings (SSSR count). The Bertz CT molecular complexity index is 775. The van der Waals surface area contributed by atoms with Gasteiger partial charge in [0.1, 0.15) is 0 Å². The summed E-state index contributed by atoms with van der Waals surface area (Å²) in [5.41, 5.74) is 0.271. The van der Waals surface area contributed by atoms with E-state index in [0.29, 0.717) is 24.0 Å². The van der Waals surface area contributed by atoms with Gasteiger partial charge in [-0.2, -0.15) is 4.31 Å². The normalized spacial score (nSPS) is 24.6. The lowest BCUT2D eigenvalue weighted by molar-refractivity contribution is 0.0629. The summed E-state index contributed by atoms with van der Waals surface area (Å²) in [5.74, 6) is 0.236. The highest BCUT2D eigenvalue weighted by Crippen LogP contribution is 2.30. The number of carbonyl (C=O) groups excluding carboxylic acids is 1. The molecule has 0 N–H and O–H groups in total. The van der Waals surface area contributed by atoms with Crippen molar-refractivity contribution in [2.45, 2.75) is 56.4 Å². The van der Waals surface area contributed by atoms with E-state index in [-0.39, 0.29) is 22.4 Å². The zero-order chi connectivity index (χ0) is 18.9. The van der Waals surface area contributed by atoms with Gasteiger partial charge < -0.3 is 4.90 Å². The molecular formula is C19H27ClN2O3S. The SMILES string of the molecule is CC1CCCCC1N(C)C(=O)c1cc(S(=O)(=O)N2CCCC2)ccc1Cl. The lowest BCUT2D eigenvalue weighted by Gasteiger charge is -2.36. The summed E-state index contributed by atoms with van der Waals surface area (Å²) in [4.78, 5) is 14.9. The van der Waals surface area contributed by atoms with Crippen molar-refractivity contribution in [1.29, 1.82) is 0 Å². The molecule has 2 atom stereocenters. The molecule has 1 aliphatic carbocycles. The van der Waals surface area contributed by atoms with Crippen LogP contribution in [0.25, 0.3) is 0 Å². The van der Waals surface area contributed by atoms with Gasteiger partial charge in [0.2, 0.25) is 10.0 Å². The van der Waals surface area contributed by atoms with Crippen molar-refractivity contribution in [2.75, 3.05) is 20.1 Å². The number of halogens is 1. The monoisotopic (exact) mass is 398 g/mol. The summed E-state index contributed by atoms with van der Waals surface area (Å²) in [5, 5.41) is 0.297. The smallest absolute Gasteiger partial charge is 0.255 e. The maximum atomic E-state index is 13.0. The van der Waals surface area contributed by atoms with Gasteiger partial charge in [-0.05, 0) is 49.8 Å². The summed E-state index contributed by atoms with van der Waals surface area (Å²) in [6.07, 6.45) is 6.15. The summed E-state index contributed by atoms with van der Waals surface area (Å²) >= 11 is 6.26. The van der Waals surface area contributed by atoms with E-state index >= 15 is 0 Å². The minimum atomic E-state index is -3.57. The average molecular weight is 399 g/mol. The van der Waals surface area contributed by atoms with Gasteiger partial charge in [0, 0.05) is 26.2 Å². The van der Waals surface area contributed by atoms with Crippen LogP contribution in [0, 0.1) is 5.92 Å². The van der Waals surface area contributed by atoms with E-state index < -0.39 is 10.0 Å². The van der Waals surface area contributed by atoms with Crippen LogP contribution in [-0.2, 0) is 10.0 Å². The first kappa shape index (κ1) is 19.6. The van der Waals surface area contributed by atoms with E-state index in [1.165, 1.54) is 28.9 Å². The Kier molecular flexibility index (Phi) is 5.94. The first-order chi connectivity index (χ1) is 12.3. The van der Waals surface area contributed by atoms with Crippen LogP contribution in [0.3, 0.4) is 0 Å². The third kappa shape index (κ3) is 3.78. The molecule has 1 amide bonds. The van der Waals surface area contributed by atoms with Crippen LogP contribution in [-0.4, -0.2) is 49.7 Å². The molecule has 144 valence electrons. The van der Waals surface area contributed by atoms with Gasteiger partial charge in [0.05, 0.1) is 15.5 Å². The molecule has 7 heteroatoms. The van der Waals surface area contributed by atoms with Gasteiger partial charge >= 0.3 is 0 Å². The standard InChI is InChI=1S/C19H27ClN2O3S/c1-14-7-3-4-8-18(14)21(2)19(23)16-13-15(9-10-17(16)20)26(24,25)22-11-5-6-12-22/h9-10,13-14,18H,3-8,11-12H2,1-2H3. The van der Waals surface area contributed by atoms with E-state index in [2.05, 4.69) is 6.92 Å².